The number of nitrogens with zero attached hydrogens (tertiary/aromatic N) is 3. The van der Waals surface area contributed by atoms with Gasteiger partial charge in [-0.15, -0.1) is 22.7 Å². The first-order valence-corrected chi connectivity index (χ1v) is 11.2. The van der Waals surface area contributed by atoms with Crippen LogP contribution in [0.2, 0.25) is 0 Å². The van der Waals surface area contributed by atoms with Gasteiger partial charge >= 0.3 is 0 Å². The third-order valence-corrected chi connectivity index (χ3v) is 7.07. The molecule has 0 N–H and O–H groups in total. The zero-order valence-electron chi connectivity index (χ0n) is 16.3. The van der Waals surface area contributed by atoms with Gasteiger partial charge in [0.05, 0.1) is 20.6 Å². The van der Waals surface area contributed by atoms with Crippen molar-refractivity contribution in [2.75, 3.05) is 0 Å². The van der Waals surface area contributed by atoms with Crippen molar-refractivity contribution in [3.8, 4) is 21.7 Å². The largest absolute Gasteiger partial charge is 0.261 e. The van der Waals surface area contributed by atoms with E-state index in [0.717, 1.165) is 22.8 Å². The van der Waals surface area contributed by atoms with Gasteiger partial charge in [-0.1, -0.05) is 51.1 Å². The van der Waals surface area contributed by atoms with Gasteiger partial charge in [-0.25, -0.2) is 9.97 Å². The van der Waals surface area contributed by atoms with Gasteiger partial charge in [0.25, 0.3) is 0 Å². The van der Waals surface area contributed by atoms with Crippen LogP contribution in [0.1, 0.15) is 48.3 Å². The molecular formula is C23H23N3S2. The number of aromatic nitrogens is 3. The van der Waals surface area contributed by atoms with Crippen LogP contribution in [0.5, 0.6) is 0 Å². The molecule has 3 aromatic heterocycles. The predicted octanol–water partition coefficient (Wildman–Crippen LogP) is 6.80. The Labute approximate surface area is 174 Å². The van der Waals surface area contributed by atoms with Gasteiger partial charge in [0.15, 0.2) is 0 Å². The lowest BCUT2D eigenvalue weighted by molar-refractivity contribution is 0.735. The molecule has 0 saturated carbocycles. The molecule has 0 amide bonds. The molecule has 0 radical (unpaired) electrons. The predicted molar refractivity (Wildman–Crippen MR) is 119 cm³/mol. The average molecular weight is 406 g/mol. The maximum Gasteiger partial charge on any atom is 0.0964 e. The summed E-state index contributed by atoms with van der Waals surface area (Å²) in [6.07, 6.45) is 4.77. The summed E-state index contributed by atoms with van der Waals surface area (Å²) >= 11 is 3.50. The van der Waals surface area contributed by atoms with Crippen molar-refractivity contribution >= 4 is 22.7 Å². The van der Waals surface area contributed by atoms with Crippen molar-refractivity contribution in [3.63, 3.8) is 0 Å². The Morgan fingerprint density at radius 1 is 0.929 bits per heavy atom. The minimum absolute atomic E-state index is 0.331. The Balaban J connectivity index is 1.50. The van der Waals surface area contributed by atoms with Crippen molar-refractivity contribution < 1.29 is 0 Å². The fraction of sp³-hybridized carbons (Fsp3) is 0.261. The van der Waals surface area contributed by atoms with Crippen molar-refractivity contribution in [2.45, 2.75) is 39.0 Å². The van der Waals surface area contributed by atoms with Crippen LogP contribution >= 0.6 is 22.7 Å². The summed E-state index contributed by atoms with van der Waals surface area (Å²) in [4.78, 5) is 15.2. The van der Waals surface area contributed by atoms with E-state index in [2.05, 4.69) is 72.5 Å². The maximum atomic E-state index is 4.86. The molecule has 1 aromatic carbocycles. The molecule has 0 bridgehead atoms. The van der Waals surface area contributed by atoms with Crippen LogP contribution in [0, 0.1) is 0 Å². The lowest BCUT2D eigenvalue weighted by atomic mass is 10.0. The highest BCUT2D eigenvalue weighted by Crippen LogP contribution is 2.31. The molecule has 28 heavy (non-hydrogen) atoms. The van der Waals surface area contributed by atoms with Crippen LogP contribution in [-0.4, -0.2) is 15.0 Å². The minimum Gasteiger partial charge on any atom is -0.261 e. The van der Waals surface area contributed by atoms with E-state index in [9.17, 15) is 0 Å². The summed E-state index contributed by atoms with van der Waals surface area (Å²) in [6, 6.07) is 14.6. The van der Waals surface area contributed by atoms with E-state index >= 15 is 0 Å². The van der Waals surface area contributed by atoms with Gasteiger partial charge in [0.2, 0.25) is 0 Å². The Hall–Kier alpha value is -2.37. The van der Waals surface area contributed by atoms with Gasteiger partial charge < -0.3 is 0 Å². The number of rotatable bonds is 6. The summed E-state index contributed by atoms with van der Waals surface area (Å²) in [5.74, 6) is 0.793. The molecule has 3 heterocycles. The van der Waals surface area contributed by atoms with Gasteiger partial charge in [0.1, 0.15) is 0 Å². The Kier molecular flexibility index (Phi) is 5.64. The van der Waals surface area contributed by atoms with E-state index in [1.54, 1.807) is 22.7 Å². The molecule has 4 rings (SSSR count). The van der Waals surface area contributed by atoms with Crippen molar-refractivity contribution in [2.24, 2.45) is 0 Å². The van der Waals surface area contributed by atoms with E-state index < -0.39 is 0 Å². The first-order valence-electron chi connectivity index (χ1n) is 9.52. The van der Waals surface area contributed by atoms with Crippen LogP contribution in [0.15, 0.2) is 60.2 Å². The second-order valence-electron chi connectivity index (χ2n) is 7.30. The summed E-state index contributed by atoms with van der Waals surface area (Å²) in [5.41, 5.74) is 4.52. The zero-order chi connectivity index (χ0) is 19.5. The highest BCUT2D eigenvalue weighted by molar-refractivity contribution is 7.15. The number of hydrogen-bond donors (Lipinski definition) is 0. The lowest BCUT2D eigenvalue weighted by Gasteiger charge is -2.08. The number of thiazole rings is 2. The number of benzene rings is 1. The highest BCUT2D eigenvalue weighted by atomic mass is 32.1. The van der Waals surface area contributed by atoms with E-state index in [4.69, 9.17) is 4.98 Å². The second kappa shape index (κ2) is 8.33. The Morgan fingerprint density at radius 3 is 2.50 bits per heavy atom. The normalized spacial score (nSPS) is 12.4. The highest BCUT2D eigenvalue weighted by Gasteiger charge is 2.14. The molecule has 0 fully saturated rings. The number of hydrogen-bond acceptors (Lipinski definition) is 5. The SMILES string of the molecule is CC(C)c1ncc(-c2ccnc(CC(C)c3nc(-c4ccccc4)cs3)c2)s1. The average Bonchev–Trinajstić information content (AvgIpc) is 3.39. The zero-order valence-corrected chi connectivity index (χ0v) is 17.9. The quantitative estimate of drug-likeness (QED) is 0.354. The smallest absolute Gasteiger partial charge is 0.0964 e. The second-order valence-corrected chi connectivity index (χ2v) is 9.25. The molecular weight excluding hydrogens is 382 g/mol. The topological polar surface area (TPSA) is 38.7 Å². The molecule has 1 unspecified atom stereocenters. The van der Waals surface area contributed by atoms with Crippen LogP contribution in [0.25, 0.3) is 21.7 Å². The summed E-state index contributed by atoms with van der Waals surface area (Å²) in [6.45, 7) is 6.59. The maximum absolute atomic E-state index is 4.86. The standard InChI is InChI=1S/C23H23N3S2/c1-15(2)22-25-13-21(28-22)18-9-10-24-19(12-18)11-16(3)23-26-20(14-27-23)17-7-5-4-6-8-17/h4-10,12-16H,11H2,1-3H3. The molecule has 5 heteroatoms. The van der Waals surface area contributed by atoms with Crippen molar-refractivity contribution in [1.82, 2.24) is 15.0 Å². The molecule has 0 spiro atoms. The van der Waals surface area contributed by atoms with Crippen molar-refractivity contribution in [3.05, 3.63) is 75.9 Å². The first-order chi connectivity index (χ1) is 13.6. The molecule has 4 aromatic rings. The minimum atomic E-state index is 0.331. The van der Waals surface area contributed by atoms with Gasteiger partial charge in [-0.3, -0.25) is 4.98 Å². The summed E-state index contributed by atoms with van der Waals surface area (Å²) in [5, 5.41) is 4.49. The fourth-order valence-electron chi connectivity index (χ4n) is 3.09. The van der Waals surface area contributed by atoms with Crippen LogP contribution < -0.4 is 0 Å². The molecule has 0 aliphatic rings. The molecule has 1 atom stereocenters. The van der Waals surface area contributed by atoms with Crippen LogP contribution in [0.4, 0.5) is 0 Å². The van der Waals surface area contributed by atoms with Gasteiger partial charge in [-0.05, 0) is 24.1 Å². The molecule has 3 nitrogen and oxygen atoms in total. The monoisotopic (exact) mass is 405 g/mol. The van der Waals surface area contributed by atoms with Gasteiger partial charge in [-0.2, -0.15) is 0 Å². The van der Waals surface area contributed by atoms with E-state index in [0.29, 0.717) is 11.8 Å². The molecule has 0 aliphatic heterocycles. The third-order valence-electron chi connectivity index (χ3n) is 4.65. The fourth-order valence-corrected chi connectivity index (χ4v) is 4.89. The molecule has 0 aliphatic carbocycles. The summed E-state index contributed by atoms with van der Waals surface area (Å²) in [7, 11) is 0. The van der Waals surface area contributed by atoms with Crippen LogP contribution in [-0.2, 0) is 6.42 Å². The number of pyridine rings is 1. The third kappa shape index (κ3) is 4.21. The lowest BCUT2D eigenvalue weighted by Crippen LogP contribution is -2.00. The Morgan fingerprint density at radius 2 is 1.75 bits per heavy atom. The first kappa shape index (κ1) is 19.0. The summed E-state index contributed by atoms with van der Waals surface area (Å²) < 4.78 is 0. The van der Waals surface area contributed by atoms with Crippen molar-refractivity contribution in [1.29, 1.82) is 0 Å². The Bertz CT molecular complexity index is 1050. The van der Waals surface area contributed by atoms with E-state index in [-0.39, 0.29) is 0 Å². The van der Waals surface area contributed by atoms with Gasteiger partial charge in [0, 0.05) is 40.9 Å². The van der Waals surface area contributed by atoms with E-state index in [1.807, 2.05) is 18.5 Å². The molecule has 0 saturated heterocycles. The van der Waals surface area contributed by atoms with Crippen LogP contribution in [0.3, 0.4) is 0 Å². The van der Waals surface area contributed by atoms with E-state index in [1.165, 1.54) is 21.0 Å². The molecule has 142 valence electrons.